The molecule has 1 saturated heterocycles. The van der Waals surface area contributed by atoms with Crippen LogP contribution in [0.5, 0.6) is 0 Å². The van der Waals surface area contributed by atoms with Gasteiger partial charge in [0.05, 0.1) is 6.54 Å². The summed E-state index contributed by atoms with van der Waals surface area (Å²) in [4.78, 5) is 16.5. The molecule has 0 aromatic heterocycles. The second-order valence-corrected chi connectivity index (χ2v) is 6.06. The summed E-state index contributed by atoms with van der Waals surface area (Å²) >= 11 is 0. The molecule has 0 spiro atoms. The van der Waals surface area contributed by atoms with Gasteiger partial charge in [-0.15, -0.1) is 0 Å². The van der Waals surface area contributed by atoms with Crippen LogP contribution in [0.15, 0.2) is 30.3 Å². The number of benzene rings is 1. The van der Waals surface area contributed by atoms with Crippen LogP contribution < -0.4 is 0 Å². The maximum atomic E-state index is 12.0. The Morgan fingerprint density at radius 3 is 2.20 bits per heavy atom. The van der Waals surface area contributed by atoms with E-state index in [4.69, 9.17) is 14.2 Å². The molecule has 2 rings (SSSR count). The summed E-state index contributed by atoms with van der Waals surface area (Å²) in [7, 11) is 0. The van der Waals surface area contributed by atoms with Gasteiger partial charge in [0, 0.05) is 45.9 Å². The van der Waals surface area contributed by atoms with Crippen LogP contribution in [0.3, 0.4) is 0 Å². The van der Waals surface area contributed by atoms with Gasteiger partial charge < -0.3 is 14.2 Å². The summed E-state index contributed by atoms with van der Waals surface area (Å²) in [6, 6.07) is 9.76. The van der Waals surface area contributed by atoms with Crippen LogP contribution in [-0.4, -0.2) is 74.5 Å². The van der Waals surface area contributed by atoms with Gasteiger partial charge >= 0.3 is 5.97 Å². The Bertz CT molecular complexity index is 483. The largest absolute Gasteiger partial charge is 0.460 e. The van der Waals surface area contributed by atoms with Crippen molar-refractivity contribution in [3.63, 3.8) is 0 Å². The van der Waals surface area contributed by atoms with Gasteiger partial charge in [-0.2, -0.15) is 0 Å². The predicted molar refractivity (Wildman–Crippen MR) is 96.2 cm³/mol. The third-order valence-electron chi connectivity index (χ3n) is 4.17. The van der Waals surface area contributed by atoms with Gasteiger partial charge in [0.25, 0.3) is 0 Å². The fourth-order valence-electron chi connectivity index (χ4n) is 2.83. The number of hydrogen-bond acceptors (Lipinski definition) is 6. The van der Waals surface area contributed by atoms with Crippen molar-refractivity contribution in [3.8, 4) is 0 Å². The number of hydrogen-bond donors (Lipinski definition) is 0. The summed E-state index contributed by atoms with van der Waals surface area (Å²) in [5, 5.41) is 0. The van der Waals surface area contributed by atoms with Crippen molar-refractivity contribution in [2.75, 3.05) is 52.5 Å². The minimum absolute atomic E-state index is 0.168. The van der Waals surface area contributed by atoms with E-state index in [2.05, 4.69) is 9.80 Å². The third-order valence-corrected chi connectivity index (χ3v) is 4.17. The first-order chi connectivity index (χ1) is 12.2. The number of esters is 1. The molecule has 0 bridgehead atoms. The molecule has 0 N–H and O–H groups in total. The molecule has 0 radical (unpaired) electrons. The number of carbonyl (C=O) groups is 1. The first kappa shape index (κ1) is 19.8. The zero-order chi connectivity index (χ0) is 17.9. The second kappa shape index (κ2) is 11.2. The van der Waals surface area contributed by atoms with E-state index in [1.54, 1.807) is 0 Å². The van der Waals surface area contributed by atoms with E-state index in [9.17, 15) is 4.79 Å². The quantitative estimate of drug-likeness (QED) is 0.473. The Labute approximate surface area is 150 Å². The molecule has 1 fully saturated rings. The second-order valence-electron chi connectivity index (χ2n) is 6.06. The molecule has 0 amide bonds. The lowest BCUT2D eigenvalue weighted by molar-refractivity contribution is -0.152. The van der Waals surface area contributed by atoms with Crippen LogP contribution in [0.1, 0.15) is 19.4 Å². The number of ether oxygens (including phenoxy) is 3. The van der Waals surface area contributed by atoms with Crippen molar-refractivity contribution in [2.45, 2.75) is 26.7 Å². The van der Waals surface area contributed by atoms with Crippen LogP contribution in [0.25, 0.3) is 0 Å². The first-order valence-corrected chi connectivity index (χ1v) is 9.08. The molecule has 1 aliphatic rings. The highest BCUT2D eigenvalue weighted by Crippen LogP contribution is 2.07. The van der Waals surface area contributed by atoms with Crippen LogP contribution in [0.4, 0.5) is 0 Å². The van der Waals surface area contributed by atoms with E-state index in [0.29, 0.717) is 26.4 Å². The van der Waals surface area contributed by atoms with E-state index in [-0.39, 0.29) is 12.3 Å². The first-order valence-electron chi connectivity index (χ1n) is 9.08. The Kier molecular flexibility index (Phi) is 8.90. The van der Waals surface area contributed by atoms with Gasteiger partial charge in [0.15, 0.2) is 6.29 Å². The van der Waals surface area contributed by atoms with Crippen LogP contribution in [0, 0.1) is 0 Å². The zero-order valence-electron chi connectivity index (χ0n) is 15.4. The molecule has 1 aromatic rings. The van der Waals surface area contributed by atoms with Gasteiger partial charge in [-0.05, 0) is 19.4 Å². The summed E-state index contributed by atoms with van der Waals surface area (Å²) in [5.41, 5.74) is 1.01. The van der Waals surface area contributed by atoms with E-state index < -0.39 is 0 Å². The minimum Gasteiger partial charge on any atom is -0.460 e. The Hall–Kier alpha value is -1.47. The number of piperazine rings is 1. The SMILES string of the molecule is CCOC(CN1CCN(CC(=O)OCc2ccccc2)CC1)OCC. The van der Waals surface area contributed by atoms with Gasteiger partial charge in [0.2, 0.25) is 0 Å². The Morgan fingerprint density at radius 1 is 1.00 bits per heavy atom. The van der Waals surface area contributed by atoms with Gasteiger partial charge in [-0.25, -0.2) is 0 Å². The van der Waals surface area contributed by atoms with Crippen molar-refractivity contribution in [2.24, 2.45) is 0 Å². The van der Waals surface area contributed by atoms with Gasteiger partial charge in [-0.3, -0.25) is 14.6 Å². The van der Waals surface area contributed by atoms with Crippen molar-refractivity contribution in [3.05, 3.63) is 35.9 Å². The normalized spacial score (nSPS) is 16.3. The molecule has 1 heterocycles. The molecular weight excluding hydrogens is 320 g/mol. The molecule has 0 unspecified atom stereocenters. The van der Waals surface area contributed by atoms with Gasteiger partial charge in [0.1, 0.15) is 6.61 Å². The molecule has 25 heavy (non-hydrogen) atoms. The number of rotatable bonds is 10. The zero-order valence-corrected chi connectivity index (χ0v) is 15.4. The van der Waals surface area contributed by atoms with Crippen molar-refractivity contribution < 1.29 is 19.0 Å². The topological polar surface area (TPSA) is 51.2 Å². The number of carbonyl (C=O) groups excluding carboxylic acids is 1. The predicted octanol–water partition coefficient (Wildman–Crippen LogP) is 1.75. The maximum Gasteiger partial charge on any atom is 0.320 e. The highest BCUT2D eigenvalue weighted by Gasteiger charge is 2.22. The summed E-state index contributed by atoms with van der Waals surface area (Å²) in [5.74, 6) is -0.168. The van der Waals surface area contributed by atoms with Crippen LogP contribution >= 0.6 is 0 Å². The van der Waals surface area contributed by atoms with E-state index in [1.807, 2.05) is 44.2 Å². The van der Waals surface area contributed by atoms with Crippen molar-refractivity contribution in [1.82, 2.24) is 9.80 Å². The fraction of sp³-hybridized carbons (Fsp3) is 0.632. The minimum atomic E-state index is -0.169. The Balaban J connectivity index is 1.65. The molecule has 6 heteroatoms. The lowest BCUT2D eigenvalue weighted by Gasteiger charge is -2.35. The fourth-order valence-corrected chi connectivity index (χ4v) is 2.83. The van der Waals surface area contributed by atoms with E-state index in [0.717, 1.165) is 38.3 Å². The standard InChI is InChI=1S/C19H30N2O4/c1-3-23-19(24-4-2)15-21-12-10-20(11-13-21)14-18(22)25-16-17-8-6-5-7-9-17/h5-9,19H,3-4,10-16H2,1-2H3. The van der Waals surface area contributed by atoms with Crippen LogP contribution in [-0.2, 0) is 25.6 Å². The molecule has 0 atom stereocenters. The highest BCUT2D eigenvalue weighted by atomic mass is 16.7. The monoisotopic (exact) mass is 350 g/mol. The molecule has 1 aliphatic heterocycles. The lowest BCUT2D eigenvalue weighted by Crippen LogP contribution is -2.50. The Morgan fingerprint density at radius 2 is 1.60 bits per heavy atom. The molecular formula is C19H30N2O4. The molecule has 140 valence electrons. The van der Waals surface area contributed by atoms with Crippen molar-refractivity contribution >= 4 is 5.97 Å². The van der Waals surface area contributed by atoms with Gasteiger partial charge in [-0.1, -0.05) is 30.3 Å². The molecule has 1 aromatic carbocycles. The highest BCUT2D eigenvalue weighted by molar-refractivity contribution is 5.71. The average Bonchev–Trinajstić information content (AvgIpc) is 2.63. The lowest BCUT2D eigenvalue weighted by atomic mass is 10.2. The third kappa shape index (κ3) is 7.52. The van der Waals surface area contributed by atoms with Crippen molar-refractivity contribution in [1.29, 1.82) is 0 Å². The molecule has 0 aliphatic carbocycles. The number of nitrogens with zero attached hydrogens (tertiary/aromatic N) is 2. The summed E-state index contributed by atoms with van der Waals surface area (Å²) in [6.45, 7) is 10.2. The van der Waals surface area contributed by atoms with E-state index in [1.165, 1.54) is 0 Å². The summed E-state index contributed by atoms with van der Waals surface area (Å²) < 4.78 is 16.5. The molecule has 6 nitrogen and oxygen atoms in total. The van der Waals surface area contributed by atoms with Crippen LogP contribution in [0.2, 0.25) is 0 Å². The maximum absolute atomic E-state index is 12.0. The van der Waals surface area contributed by atoms with E-state index >= 15 is 0 Å². The average molecular weight is 350 g/mol. The molecule has 0 saturated carbocycles. The smallest absolute Gasteiger partial charge is 0.320 e. The summed E-state index contributed by atoms with van der Waals surface area (Å²) in [6.07, 6.45) is -0.169.